The third kappa shape index (κ3) is 5.93. The van der Waals surface area contributed by atoms with Crippen LogP contribution in [-0.2, 0) is 22.6 Å². The highest BCUT2D eigenvalue weighted by molar-refractivity contribution is 9.10. The van der Waals surface area contributed by atoms with E-state index in [1.807, 2.05) is 66.9 Å². The number of aryl methyl sites for hydroxylation is 1. The van der Waals surface area contributed by atoms with E-state index in [-0.39, 0.29) is 24.0 Å². The number of benzene rings is 2. The molecule has 0 aliphatic heterocycles. The maximum Gasteiger partial charge on any atom is 0.234 e. The summed E-state index contributed by atoms with van der Waals surface area (Å²) in [6.07, 6.45) is 0.112. The van der Waals surface area contributed by atoms with Gasteiger partial charge in [0.2, 0.25) is 11.8 Å². The molecule has 0 aliphatic carbocycles. The third-order valence-electron chi connectivity index (χ3n) is 4.26. The highest BCUT2D eigenvalue weighted by Gasteiger charge is 2.16. The number of carbonyl (C=O) groups excluding carboxylic acids is 2. The van der Waals surface area contributed by atoms with Gasteiger partial charge >= 0.3 is 0 Å². The van der Waals surface area contributed by atoms with E-state index in [0.29, 0.717) is 17.5 Å². The van der Waals surface area contributed by atoms with Crippen molar-refractivity contribution in [1.82, 2.24) is 14.8 Å². The molecule has 0 bridgehead atoms. The average Bonchev–Trinajstić information content (AvgIpc) is 3.11. The van der Waals surface area contributed by atoms with Gasteiger partial charge in [-0.1, -0.05) is 45.9 Å². The second-order valence-corrected chi connectivity index (χ2v) is 8.33. The van der Waals surface area contributed by atoms with Gasteiger partial charge in [-0.05, 0) is 49.7 Å². The van der Waals surface area contributed by atoms with Crippen molar-refractivity contribution in [1.29, 1.82) is 0 Å². The van der Waals surface area contributed by atoms with Gasteiger partial charge in [0.05, 0.1) is 12.2 Å². The molecule has 0 unspecified atom stereocenters. The Morgan fingerprint density at radius 2 is 1.77 bits per heavy atom. The molecule has 3 rings (SSSR count). The third-order valence-corrected chi connectivity index (χ3v) is 6.12. The van der Waals surface area contributed by atoms with Crippen molar-refractivity contribution in [3.63, 3.8) is 0 Å². The lowest BCUT2D eigenvalue weighted by Crippen LogP contribution is -2.18. The molecule has 2 amide bonds. The number of anilines is 2. The average molecular weight is 488 g/mol. The van der Waals surface area contributed by atoms with Gasteiger partial charge in [0, 0.05) is 22.4 Å². The van der Waals surface area contributed by atoms with E-state index in [1.54, 1.807) is 0 Å². The molecule has 30 heavy (non-hydrogen) atoms. The SMILES string of the molecule is CCn1c(CC(=O)Nc2ccccc2)nnc1SCC(=O)Nc1ccc(Br)c(C)c1. The zero-order valence-corrected chi connectivity index (χ0v) is 19.1. The fourth-order valence-corrected chi connectivity index (χ4v) is 3.86. The summed E-state index contributed by atoms with van der Waals surface area (Å²) in [7, 11) is 0. The van der Waals surface area contributed by atoms with Crippen LogP contribution < -0.4 is 10.6 Å². The van der Waals surface area contributed by atoms with E-state index in [2.05, 4.69) is 36.8 Å². The fourth-order valence-electron chi connectivity index (χ4n) is 2.79. The summed E-state index contributed by atoms with van der Waals surface area (Å²) in [4.78, 5) is 24.6. The summed E-state index contributed by atoms with van der Waals surface area (Å²) in [6.45, 7) is 4.53. The fraction of sp³-hybridized carbons (Fsp3) is 0.238. The van der Waals surface area contributed by atoms with Crippen molar-refractivity contribution in [2.45, 2.75) is 32.0 Å². The minimum Gasteiger partial charge on any atom is -0.326 e. The molecule has 2 N–H and O–H groups in total. The Morgan fingerprint density at radius 1 is 1.03 bits per heavy atom. The molecule has 0 atom stereocenters. The van der Waals surface area contributed by atoms with Gasteiger partial charge in [-0.25, -0.2) is 0 Å². The summed E-state index contributed by atoms with van der Waals surface area (Å²) in [5.74, 6) is 0.472. The van der Waals surface area contributed by atoms with E-state index < -0.39 is 0 Å². The van der Waals surface area contributed by atoms with Crippen LogP contribution in [0.3, 0.4) is 0 Å². The molecule has 0 saturated heterocycles. The molecule has 0 aliphatic rings. The second kappa shape index (κ2) is 10.4. The smallest absolute Gasteiger partial charge is 0.234 e. The molecule has 7 nitrogen and oxygen atoms in total. The minimum absolute atomic E-state index is 0.112. The number of aromatic nitrogens is 3. The lowest BCUT2D eigenvalue weighted by atomic mass is 10.2. The zero-order chi connectivity index (χ0) is 21.5. The predicted octanol–water partition coefficient (Wildman–Crippen LogP) is 4.28. The van der Waals surface area contributed by atoms with E-state index in [0.717, 1.165) is 21.4 Å². The summed E-state index contributed by atoms with van der Waals surface area (Å²) < 4.78 is 2.85. The lowest BCUT2D eigenvalue weighted by molar-refractivity contribution is -0.116. The summed E-state index contributed by atoms with van der Waals surface area (Å²) in [5, 5.41) is 14.6. The molecule has 3 aromatic rings. The molecule has 0 radical (unpaired) electrons. The molecule has 1 heterocycles. The van der Waals surface area contributed by atoms with Crippen LogP contribution in [0.25, 0.3) is 0 Å². The summed E-state index contributed by atoms with van der Waals surface area (Å²) in [6, 6.07) is 14.9. The van der Waals surface area contributed by atoms with Gasteiger partial charge in [0.1, 0.15) is 5.82 Å². The van der Waals surface area contributed by atoms with Gasteiger partial charge in [0.15, 0.2) is 5.16 Å². The first-order valence-electron chi connectivity index (χ1n) is 9.42. The van der Waals surface area contributed by atoms with Gasteiger partial charge < -0.3 is 15.2 Å². The number of carbonyl (C=O) groups is 2. The standard InChI is InChI=1S/C21H22BrN5O2S/c1-3-27-18(12-19(28)23-15-7-5-4-6-8-15)25-26-21(27)30-13-20(29)24-16-9-10-17(22)14(2)11-16/h4-11H,3,12-13H2,1-2H3,(H,23,28)(H,24,29). The van der Waals surface area contributed by atoms with Crippen LogP contribution in [0.5, 0.6) is 0 Å². The number of hydrogen-bond acceptors (Lipinski definition) is 5. The maximum absolute atomic E-state index is 12.3. The number of para-hydroxylation sites is 1. The van der Waals surface area contributed by atoms with Crippen LogP contribution in [-0.4, -0.2) is 32.3 Å². The Hall–Kier alpha value is -2.65. The van der Waals surface area contributed by atoms with Crippen molar-refractivity contribution >= 4 is 50.9 Å². The molecule has 2 aromatic carbocycles. The normalized spacial score (nSPS) is 10.6. The van der Waals surface area contributed by atoms with Crippen molar-refractivity contribution < 1.29 is 9.59 Å². The van der Waals surface area contributed by atoms with Crippen molar-refractivity contribution in [2.75, 3.05) is 16.4 Å². The molecule has 0 spiro atoms. The summed E-state index contributed by atoms with van der Waals surface area (Å²) >= 11 is 4.74. The van der Waals surface area contributed by atoms with Crippen LogP contribution in [0.1, 0.15) is 18.3 Å². The van der Waals surface area contributed by atoms with Crippen molar-refractivity contribution in [3.8, 4) is 0 Å². The molecule has 9 heteroatoms. The number of nitrogens with one attached hydrogen (secondary N) is 2. The topological polar surface area (TPSA) is 88.9 Å². The quantitative estimate of drug-likeness (QED) is 0.462. The molecule has 0 saturated carbocycles. The Bertz CT molecular complexity index is 1040. The first kappa shape index (κ1) is 22.0. The largest absolute Gasteiger partial charge is 0.326 e. The molecule has 156 valence electrons. The van der Waals surface area contributed by atoms with Gasteiger partial charge in [-0.3, -0.25) is 9.59 Å². The van der Waals surface area contributed by atoms with Crippen LogP contribution in [0.15, 0.2) is 58.2 Å². The molecular formula is C21H22BrN5O2S. The zero-order valence-electron chi connectivity index (χ0n) is 16.7. The minimum atomic E-state index is -0.164. The lowest BCUT2D eigenvalue weighted by Gasteiger charge is -2.09. The number of hydrogen-bond donors (Lipinski definition) is 2. The number of thioether (sulfide) groups is 1. The van der Waals surface area contributed by atoms with E-state index >= 15 is 0 Å². The number of halogens is 1. The molecule has 0 fully saturated rings. The van der Waals surface area contributed by atoms with Crippen molar-refractivity contribution in [3.05, 3.63) is 64.4 Å². The van der Waals surface area contributed by atoms with E-state index in [1.165, 1.54) is 11.8 Å². The number of nitrogens with zero attached hydrogens (tertiary/aromatic N) is 3. The van der Waals surface area contributed by atoms with Crippen LogP contribution in [0, 0.1) is 6.92 Å². The Balaban J connectivity index is 1.57. The Kier molecular flexibility index (Phi) is 7.64. The van der Waals surface area contributed by atoms with E-state index in [4.69, 9.17) is 0 Å². The second-order valence-electron chi connectivity index (χ2n) is 6.53. The summed E-state index contributed by atoms with van der Waals surface area (Å²) in [5.41, 5.74) is 2.53. The number of amides is 2. The first-order chi connectivity index (χ1) is 14.5. The monoisotopic (exact) mass is 487 g/mol. The highest BCUT2D eigenvalue weighted by atomic mass is 79.9. The van der Waals surface area contributed by atoms with Crippen LogP contribution in [0.4, 0.5) is 11.4 Å². The van der Waals surface area contributed by atoms with Crippen LogP contribution in [0.2, 0.25) is 0 Å². The van der Waals surface area contributed by atoms with Crippen molar-refractivity contribution in [2.24, 2.45) is 0 Å². The highest BCUT2D eigenvalue weighted by Crippen LogP contribution is 2.21. The molecule has 1 aromatic heterocycles. The first-order valence-corrected chi connectivity index (χ1v) is 11.2. The van der Waals surface area contributed by atoms with E-state index in [9.17, 15) is 9.59 Å². The Morgan fingerprint density at radius 3 is 2.47 bits per heavy atom. The van der Waals surface area contributed by atoms with Gasteiger partial charge in [-0.15, -0.1) is 10.2 Å². The van der Waals surface area contributed by atoms with Gasteiger partial charge in [-0.2, -0.15) is 0 Å². The predicted molar refractivity (Wildman–Crippen MR) is 123 cm³/mol. The van der Waals surface area contributed by atoms with Gasteiger partial charge in [0.25, 0.3) is 0 Å². The number of rotatable bonds is 8. The maximum atomic E-state index is 12.3. The Labute approximate surface area is 187 Å². The molecular weight excluding hydrogens is 466 g/mol. The van der Waals surface area contributed by atoms with Crippen LogP contribution >= 0.6 is 27.7 Å².